The summed E-state index contributed by atoms with van der Waals surface area (Å²) in [6.07, 6.45) is 0. The van der Waals surface area contributed by atoms with Gasteiger partial charge in [0.05, 0.1) is 39.9 Å². The Morgan fingerprint density at radius 2 is 1.44 bits per heavy atom. The minimum atomic E-state index is -4.80. The minimum Gasteiger partial charge on any atom is -0.478 e. The summed E-state index contributed by atoms with van der Waals surface area (Å²) in [5.41, 5.74) is 9.97. The maximum Gasteiger partial charge on any atom is 0.397 e. The maximum atomic E-state index is 12.3. The Bertz CT molecular complexity index is 1870. The Hall–Kier alpha value is -4.34. The zero-order chi connectivity index (χ0) is 30.6. The zero-order valence-electron chi connectivity index (χ0n) is 20.4. The summed E-state index contributed by atoms with van der Waals surface area (Å²) in [5, 5.41) is 24.9. The highest BCUT2D eigenvalue weighted by Gasteiger charge is 2.21. The van der Waals surface area contributed by atoms with Gasteiger partial charge in [0, 0.05) is 0 Å². The normalized spacial score (nSPS) is 12.7. The van der Waals surface area contributed by atoms with Crippen LogP contribution in [-0.4, -0.2) is 57.8 Å². The number of hydrogen-bond donors (Lipinski definition) is 5. The molecule has 17 nitrogen and oxygen atoms in total. The Morgan fingerprint density at radius 3 is 2.02 bits per heavy atom. The fourth-order valence-electron chi connectivity index (χ4n) is 3.14. The van der Waals surface area contributed by atoms with Gasteiger partial charge < -0.3 is 16.6 Å². The molecule has 0 spiro atoms. The molecule has 0 bridgehead atoms. The summed E-state index contributed by atoms with van der Waals surface area (Å²) >= 11 is 0. The summed E-state index contributed by atoms with van der Waals surface area (Å²) < 4.78 is 90.9. The summed E-state index contributed by atoms with van der Waals surface area (Å²) in [4.78, 5) is 11.0. The number of carbonyl (C=O) groups is 1. The maximum absolute atomic E-state index is 12.3. The minimum absolute atomic E-state index is 0.101. The standard InChI is InChI=1S/C21H20N6O11S3/c22-15-11-14(21(28)29)19(26-25-16-3-1-2-4-17(16)40(32,33)34)18(23)20(15)27-24-12-5-7-13(8-6-12)39(30,31)10-9-38-41(35,36)37/h1-8,11H,9-10,22-23H2,(H,28,29)(H,32,33,34)(H,35,36,37). The molecule has 3 aromatic rings. The summed E-state index contributed by atoms with van der Waals surface area (Å²) in [6, 6.07) is 10.7. The number of nitrogens with two attached hydrogens (primary N) is 2. The molecule has 0 saturated carbocycles. The lowest BCUT2D eigenvalue weighted by Crippen LogP contribution is -2.15. The molecule has 0 aliphatic heterocycles. The van der Waals surface area contributed by atoms with E-state index in [1.807, 2.05) is 0 Å². The van der Waals surface area contributed by atoms with E-state index in [1.54, 1.807) is 0 Å². The first kappa shape index (κ1) is 31.2. The highest BCUT2D eigenvalue weighted by molar-refractivity contribution is 7.91. The van der Waals surface area contributed by atoms with E-state index < -0.39 is 70.5 Å². The molecule has 0 unspecified atom stereocenters. The number of carboxylic acid groups (broad SMARTS) is 1. The molecule has 3 aromatic carbocycles. The van der Waals surface area contributed by atoms with Crippen LogP contribution in [0.2, 0.25) is 0 Å². The largest absolute Gasteiger partial charge is 0.478 e. The molecular formula is C21H20N6O11S3. The van der Waals surface area contributed by atoms with Crippen molar-refractivity contribution in [2.24, 2.45) is 20.5 Å². The van der Waals surface area contributed by atoms with E-state index in [0.717, 1.165) is 24.3 Å². The van der Waals surface area contributed by atoms with Gasteiger partial charge in [-0.05, 0) is 42.5 Å². The van der Waals surface area contributed by atoms with Crippen LogP contribution in [0.4, 0.5) is 34.1 Å². The third-order valence-corrected chi connectivity index (χ3v) is 8.08. The quantitative estimate of drug-likeness (QED) is 0.116. The van der Waals surface area contributed by atoms with Crippen molar-refractivity contribution >= 4 is 70.4 Å². The van der Waals surface area contributed by atoms with Crippen molar-refractivity contribution in [2.75, 3.05) is 23.8 Å². The van der Waals surface area contributed by atoms with Crippen LogP contribution in [0.1, 0.15) is 10.4 Å². The van der Waals surface area contributed by atoms with Crippen LogP contribution >= 0.6 is 0 Å². The Morgan fingerprint density at radius 1 is 0.829 bits per heavy atom. The lowest BCUT2D eigenvalue weighted by molar-refractivity contribution is 0.0697. The summed E-state index contributed by atoms with van der Waals surface area (Å²) in [5.74, 6) is -2.24. The molecule has 0 aliphatic rings. The van der Waals surface area contributed by atoms with Crippen LogP contribution in [0, 0.1) is 0 Å². The molecule has 3 rings (SSSR count). The predicted octanol–water partition coefficient (Wildman–Crippen LogP) is 3.22. The molecule has 20 heteroatoms. The number of azo groups is 2. The van der Waals surface area contributed by atoms with Gasteiger partial charge in [-0.25, -0.2) is 17.4 Å². The van der Waals surface area contributed by atoms with Crippen molar-refractivity contribution in [1.29, 1.82) is 0 Å². The van der Waals surface area contributed by atoms with Gasteiger partial charge in [0.1, 0.15) is 22.0 Å². The van der Waals surface area contributed by atoms with E-state index in [1.165, 1.54) is 30.3 Å². The summed E-state index contributed by atoms with van der Waals surface area (Å²) in [6.45, 7) is -0.811. The third kappa shape index (κ3) is 8.09. The van der Waals surface area contributed by atoms with Crippen LogP contribution in [0.3, 0.4) is 0 Å². The molecule has 0 aliphatic carbocycles. The van der Waals surface area contributed by atoms with Gasteiger partial charge in [0.25, 0.3) is 10.1 Å². The van der Waals surface area contributed by atoms with Gasteiger partial charge >= 0.3 is 16.4 Å². The molecule has 0 amide bonds. The van der Waals surface area contributed by atoms with Crippen LogP contribution in [0.5, 0.6) is 0 Å². The molecular weight excluding hydrogens is 608 g/mol. The Kier molecular flexibility index (Phi) is 9.16. The van der Waals surface area contributed by atoms with E-state index in [0.29, 0.717) is 0 Å². The van der Waals surface area contributed by atoms with Crippen LogP contribution in [0.25, 0.3) is 0 Å². The van der Waals surface area contributed by atoms with Gasteiger partial charge in [0.2, 0.25) is 0 Å². The van der Waals surface area contributed by atoms with Crippen molar-refractivity contribution in [1.82, 2.24) is 0 Å². The second-order valence-electron chi connectivity index (χ2n) is 7.83. The average molecular weight is 629 g/mol. The number of nitrogen functional groups attached to an aromatic ring is 2. The third-order valence-electron chi connectivity index (χ3n) is 5.02. The lowest BCUT2D eigenvalue weighted by Gasteiger charge is -2.10. The van der Waals surface area contributed by atoms with Crippen LogP contribution in [0.15, 0.2) is 84.8 Å². The predicted molar refractivity (Wildman–Crippen MR) is 143 cm³/mol. The summed E-state index contributed by atoms with van der Waals surface area (Å²) in [7, 11) is -13.5. The molecule has 0 saturated heterocycles. The molecule has 41 heavy (non-hydrogen) atoms. The topological polar surface area (TPSA) is 291 Å². The van der Waals surface area contributed by atoms with Crippen molar-refractivity contribution < 1.29 is 48.4 Å². The van der Waals surface area contributed by atoms with Crippen molar-refractivity contribution in [3.8, 4) is 0 Å². The number of nitrogens with zero attached hydrogens (tertiary/aromatic N) is 4. The smallest absolute Gasteiger partial charge is 0.397 e. The van der Waals surface area contributed by atoms with E-state index in [4.69, 9.17) is 16.0 Å². The lowest BCUT2D eigenvalue weighted by atomic mass is 10.1. The number of hydrogen-bond acceptors (Lipinski definition) is 14. The molecule has 0 atom stereocenters. The highest BCUT2D eigenvalue weighted by Crippen LogP contribution is 2.42. The Labute approximate surface area is 232 Å². The average Bonchev–Trinajstić information content (AvgIpc) is 2.86. The molecule has 0 heterocycles. The van der Waals surface area contributed by atoms with E-state index in [9.17, 15) is 39.7 Å². The van der Waals surface area contributed by atoms with Crippen molar-refractivity contribution in [2.45, 2.75) is 9.79 Å². The van der Waals surface area contributed by atoms with Gasteiger partial charge in [-0.2, -0.15) is 21.9 Å². The number of benzene rings is 3. The van der Waals surface area contributed by atoms with Gasteiger partial charge in [0.15, 0.2) is 9.84 Å². The molecule has 0 radical (unpaired) electrons. The first-order valence-corrected chi connectivity index (χ1v) is 15.3. The number of sulfone groups is 1. The van der Waals surface area contributed by atoms with Crippen LogP contribution in [-0.2, 0) is 34.5 Å². The van der Waals surface area contributed by atoms with Gasteiger partial charge in [-0.15, -0.1) is 15.3 Å². The highest BCUT2D eigenvalue weighted by atomic mass is 32.3. The second-order valence-corrected chi connectivity index (χ2v) is 12.4. The first-order valence-electron chi connectivity index (χ1n) is 10.8. The first-order chi connectivity index (χ1) is 19.0. The number of anilines is 2. The van der Waals surface area contributed by atoms with Crippen LogP contribution < -0.4 is 11.5 Å². The monoisotopic (exact) mass is 628 g/mol. The molecule has 0 aromatic heterocycles. The van der Waals surface area contributed by atoms with Gasteiger partial charge in [-0.1, -0.05) is 12.1 Å². The van der Waals surface area contributed by atoms with E-state index >= 15 is 0 Å². The Balaban J connectivity index is 1.94. The molecule has 218 valence electrons. The number of aromatic carboxylic acids is 1. The second kappa shape index (κ2) is 12.0. The van der Waals surface area contributed by atoms with E-state index in [2.05, 4.69) is 24.6 Å². The fraction of sp³-hybridized carbons (Fsp3) is 0.0952. The van der Waals surface area contributed by atoms with Crippen molar-refractivity contribution in [3.05, 3.63) is 60.2 Å². The zero-order valence-corrected chi connectivity index (χ0v) is 22.8. The number of rotatable bonds is 11. The molecule has 7 N–H and O–H groups in total. The van der Waals surface area contributed by atoms with Gasteiger partial charge in [-0.3, -0.25) is 9.11 Å². The van der Waals surface area contributed by atoms with Crippen molar-refractivity contribution in [3.63, 3.8) is 0 Å². The SMILES string of the molecule is Nc1cc(C(=O)O)c(N=Nc2ccccc2S(=O)(=O)O)c(N)c1N=Nc1ccc(S(=O)(=O)CCOS(=O)(=O)O)cc1. The van der Waals surface area contributed by atoms with E-state index in [-0.39, 0.29) is 27.6 Å². The fourth-order valence-corrected chi connectivity index (χ4v) is 5.26. The molecule has 0 fully saturated rings. The number of carboxylic acids is 1.